The van der Waals surface area contributed by atoms with Crippen LogP contribution in [-0.2, 0) is 11.3 Å². The molecule has 4 rings (SSSR count). The summed E-state index contributed by atoms with van der Waals surface area (Å²) in [7, 11) is 0. The van der Waals surface area contributed by atoms with E-state index in [4.69, 9.17) is 15.2 Å². The first kappa shape index (κ1) is 15.4. The van der Waals surface area contributed by atoms with Gasteiger partial charge in [-0.05, 0) is 31.1 Å². The maximum absolute atomic E-state index is 12.2. The van der Waals surface area contributed by atoms with Crippen molar-refractivity contribution in [3.05, 3.63) is 10.5 Å². The molecule has 0 spiro atoms. The molecule has 3 N–H and O–H groups in total. The average Bonchev–Trinajstić information content (AvgIpc) is 3.12. The van der Waals surface area contributed by atoms with Gasteiger partial charge in [-0.15, -0.1) is 0 Å². The first-order chi connectivity index (χ1) is 11.7. The zero-order chi connectivity index (χ0) is 16.5. The molecule has 1 aliphatic carbocycles. The van der Waals surface area contributed by atoms with Crippen molar-refractivity contribution in [1.29, 1.82) is 0 Å². The summed E-state index contributed by atoms with van der Waals surface area (Å²) in [6.07, 6.45) is 5.52. The number of H-pyrrole nitrogens is 1. The number of hydrogen-bond acceptors (Lipinski definition) is 6. The highest BCUT2D eigenvalue weighted by Crippen LogP contribution is 2.32. The fourth-order valence-corrected chi connectivity index (χ4v) is 3.15. The van der Waals surface area contributed by atoms with Crippen LogP contribution in [0.3, 0.4) is 0 Å². The first-order valence-corrected chi connectivity index (χ1v) is 8.67. The van der Waals surface area contributed by atoms with Crippen molar-refractivity contribution in [1.82, 2.24) is 19.5 Å². The average molecular weight is 333 g/mol. The van der Waals surface area contributed by atoms with Crippen molar-refractivity contribution in [2.75, 3.05) is 25.6 Å². The Morgan fingerprint density at radius 3 is 2.88 bits per heavy atom. The minimum Gasteiger partial charge on any atom is -0.463 e. The van der Waals surface area contributed by atoms with Crippen molar-refractivity contribution in [3.63, 3.8) is 0 Å². The number of ether oxygens (including phenoxy) is 2. The minimum absolute atomic E-state index is 0.208. The van der Waals surface area contributed by atoms with Crippen molar-refractivity contribution in [3.8, 4) is 6.01 Å². The molecule has 8 nitrogen and oxygen atoms in total. The molecule has 2 aromatic rings. The van der Waals surface area contributed by atoms with Gasteiger partial charge in [0.15, 0.2) is 11.5 Å². The van der Waals surface area contributed by atoms with E-state index in [-0.39, 0.29) is 17.5 Å². The zero-order valence-electron chi connectivity index (χ0n) is 13.7. The summed E-state index contributed by atoms with van der Waals surface area (Å²) in [5, 5.41) is 0. The van der Waals surface area contributed by atoms with Crippen molar-refractivity contribution < 1.29 is 9.47 Å². The lowest BCUT2D eigenvalue weighted by molar-refractivity contribution is 0.183. The summed E-state index contributed by atoms with van der Waals surface area (Å²) in [5.41, 5.74) is 6.76. The SMILES string of the molecule is Nc1nc(OCCC2CC2)nc2c1[nH]c(=O)n2CCC1CCOC1. The fraction of sp³-hybridized carbons (Fsp3) is 0.688. The van der Waals surface area contributed by atoms with Gasteiger partial charge in [0.1, 0.15) is 5.52 Å². The van der Waals surface area contributed by atoms with Crippen LogP contribution in [0.15, 0.2) is 4.79 Å². The van der Waals surface area contributed by atoms with Gasteiger partial charge in [0.2, 0.25) is 0 Å². The summed E-state index contributed by atoms with van der Waals surface area (Å²) in [6, 6.07) is 0.248. The quantitative estimate of drug-likeness (QED) is 0.791. The van der Waals surface area contributed by atoms with Gasteiger partial charge in [-0.1, -0.05) is 12.8 Å². The summed E-state index contributed by atoms with van der Waals surface area (Å²) < 4.78 is 12.7. The number of nitrogens with zero attached hydrogens (tertiary/aromatic N) is 3. The monoisotopic (exact) mass is 333 g/mol. The van der Waals surface area contributed by atoms with E-state index in [1.807, 2.05) is 0 Å². The van der Waals surface area contributed by atoms with Gasteiger partial charge in [-0.2, -0.15) is 9.97 Å². The Morgan fingerprint density at radius 1 is 1.25 bits per heavy atom. The molecular formula is C16H23N5O3. The van der Waals surface area contributed by atoms with Crippen LogP contribution in [0.4, 0.5) is 5.82 Å². The Bertz CT molecular complexity index is 774. The number of hydrogen-bond donors (Lipinski definition) is 2. The number of nitrogen functional groups attached to an aromatic ring is 1. The zero-order valence-corrected chi connectivity index (χ0v) is 13.7. The van der Waals surface area contributed by atoms with Crippen LogP contribution >= 0.6 is 0 Å². The summed E-state index contributed by atoms with van der Waals surface area (Å²) >= 11 is 0. The number of aromatic nitrogens is 4. The topological polar surface area (TPSA) is 108 Å². The second-order valence-corrected chi connectivity index (χ2v) is 6.77. The molecule has 3 heterocycles. The molecule has 1 unspecified atom stereocenters. The lowest BCUT2D eigenvalue weighted by Gasteiger charge is -2.09. The first-order valence-electron chi connectivity index (χ1n) is 8.67. The lowest BCUT2D eigenvalue weighted by Crippen LogP contribution is -2.19. The minimum atomic E-state index is -0.208. The molecule has 1 aliphatic heterocycles. The second-order valence-electron chi connectivity index (χ2n) is 6.77. The maximum atomic E-state index is 12.2. The second kappa shape index (κ2) is 6.43. The van der Waals surface area contributed by atoms with E-state index in [2.05, 4.69) is 15.0 Å². The highest BCUT2D eigenvalue weighted by molar-refractivity contribution is 5.81. The number of nitrogens with two attached hydrogens (primary N) is 1. The Morgan fingerprint density at radius 2 is 2.12 bits per heavy atom. The Hall–Kier alpha value is -2.09. The third kappa shape index (κ3) is 3.24. The molecule has 130 valence electrons. The predicted molar refractivity (Wildman–Crippen MR) is 88.9 cm³/mol. The number of aryl methyl sites for hydroxylation is 1. The Balaban J connectivity index is 1.53. The third-order valence-corrected chi connectivity index (χ3v) is 4.87. The van der Waals surface area contributed by atoms with Gasteiger partial charge >= 0.3 is 11.7 Å². The van der Waals surface area contributed by atoms with Gasteiger partial charge in [-0.3, -0.25) is 4.57 Å². The van der Waals surface area contributed by atoms with Crippen LogP contribution < -0.4 is 16.2 Å². The van der Waals surface area contributed by atoms with Crippen LogP contribution in [0.25, 0.3) is 11.2 Å². The van der Waals surface area contributed by atoms with Crippen molar-refractivity contribution in [2.45, 2.75) is 38.6 Å². The summed E-state index contributed by atoms with van der Waals surface area (Å²) in [4.78, 5) is 23.5. The summed E-state index contributed by atoms with van der Waals surface area (Å²) in [6.45, 7) is 2.75. The largest absolute Gasteiger partial charge is 0.463 e. The third-order valence-electron chi connectivity index (χ3n) is 4.87. The fourth-order valence-electron chi connectivity index (χ4n) is 3.15. The van der Waals surface area contributed by atoms with Gasteiger partial charge in [-0.25, -0.2) is 4.79 Å². The predicted octanol–water partition coefficient (Wildman–Crippen LogP) is 1.31. The molecule has 2 aliphatic rings. The Kier molecular flexibility index (Phi) is 4.13. The van der Waals surface area contributed by atoms with Gasteiger partial charge in [0.25, 0.3) is 0 Å². The van der Waals surface area contributed by atoms with E-state index in [9.17, 15) is 4.79 Å². The molecule has 1 saturated heterocycles. The van der Waals surface area contributed by atoms with Crippen molar-refractivity contribution in [2.24, 2.45) is 11.8 Å². The molecule has 0 bridgehead atoms. The molecule has 1 saturated carbocycles. The van der Waals surface area contributed by atoms with E-state index >= 15 is 0 Å². The number of anilines is 1. The van der Waals surface area contributed by atoms with E-state index in [1.54, 1.807) is 4.57 Å². The van der Waals surface area contributed by atoms with Crippen LogP contribution in [0.2, 0.25) is 0 Å². The molecule has 0 amide bonds. The number of aromatic amines is 1. The Labute approximate surface area is 139 Å². The molecule has 8 heteroatoms. The highest BCUT2D eigenvalue weighted by Gasteiger charge is 2.22. The lowest BCUT2D eigenvalue weighted by atomic mass is 10.1. The number of fused-ring (bicyclic) bond motifs is 1. The summed E-state index contributed by atoms with van der Waals surface area (Å²) in [5.74, 6) is 1.53. The molecule has 0 radical (unpaired) electrons. The highest BCUT2D eigenvalue weighted by atomic mass is 16.5. The van der Waals surface area contributed by atoms with Gasteiger partial charge < -0.3 is 20.2 Å². The molecule has 0 aromatic carbocycles. The molecule has 2 fully saturated rings. The molecule has 24 heavy (non-hydrogen) atoms. The van der Waals surface area contributed by atoms with Crippen LogP contribution in [0, 0.1) is 11.8 Å². The molecular weight excluding hydrogens is 310 g/mol. The van der Waals surface area contributed by atoms with E-state index in [0.717, 1.165) is 38.4 Å². The smallest absolute Gasteiger partial charge is 0.327 e. The standard InChI is InChI=1S/C16H23N5O3/c17-13-12-14(20-15(19-13)24-8-5-10-1-2-10)21(16(22)18-12)6-3-11-4-7-23-9-11/h10-11H,1-9H2,(H,18,22)(H2,17,19,20). The van der Waals surface area contributed by atoms with Crippen LogP contribution in [-0.4, -0.2) is 39.3 Å². The van der Waals surface area contributed by atoms with E-state index in [0.29, 0.717) is 30.2 Å². The number of imidazole rings is 1. The van der Waals surface area contributed by atoms with E-state index < -0.39 is 0 Å². The molecule has 2 aromatic heterocycles. The number of nitrogens with one attached hydrogen (secondary N) is 1. The van der Waals surface area contributed by atoms with Crippen LogP contribution in [0.1, 0.15) is 32.1 Å². The van der Waals surface area contributed by atoms with Gasteiger partial charge in [0.05, 0.1) is 6.61 Å². The van der Waals surface area contributed by atoms with E-state index in [1.165, 1.54) is 12.8 Å². The maximum Gasteiger partial charge on any atom is 0.327 e. The normalized spacial score (nSPS) is 20.8. The van der Waals surface area contributed by atoms with Crippen LogP contribution in [0.5, 0.6) is 6.01 Å². The van der Waals surface area contributed by atoms with Crippen molar-refractivity contribution >= 4 is 17.0 Å². The molecule has 1 atom stereocenters. The van der Waals surface area contributed by atoms with Gasteiger partial charge in [0, 0.05) is 19.8 Å². The number of rotatable bonds is 7.